The Morgan fingerprint density at radius 2 is 2.20 bits per heavy atom. The van der Waals surface area contributed by atoms with Gasteiger partial charge in [0.15, 0.2) is 0 Å². The number of aromatic amines is 1. The van der Waals surface area contributed by atoms with Crippen molar-refractivity contribution in [2.75, 3.05) is 6.54 Å². The number of carbonyl (C=O) groups is 1. The number of H-pyrrole nitrogens is 1. The Kier molecular flexibility index (Phi) is 3.34. The van der Waals surface area contributed by atoms with Crippen molar-refractivity contribution in [1.82, 2.24) is 14.9 Å². The third-order valence-corrected chi connectivity index (χ3v) is 4.16. The molecular weight excluding hydrogens is 254 g/mol. The predicted octanol–water partition coefficient (Wildman–Crippen LogP) is 1.79. The fraction of sp³-hybridized carbons (Fsp3) is 0.467. The van der Waals surface area contributed by atoms with Gasteiger partial charge in [-0.05, 0) is 24.8 Å². The van der Waals surface area contributed by atoms with Crippen LogP contribution in [0.3, 0.4) is 0 Å². The molecule has 2 aromatic heterocycles. The van der Waals surface area contributed by atoms with Gasteiger partial charge >= 0.3 is 0 Å². The van der Waals surface area contributed by atoms with E-state index in [0.29, 0.717) is 22.4 Å². The van der Waals surface area contributed by atoms with Crippen LogP contribution in [0.25, 0.3) is 10.9 Å². The number of hydrogen-bond acceptors (Lipinski definition) is 2. The highest BCUT2D eigenvalue weighted by molar-refractivity contribution is 6.05. The Morgan fingerprint density at radius 1 is 1.45 bits per heavy atom. The maximum Gasteiger partial charge on any atom is 0.274 e. The first-order valence-electron chi connectivity index (χ1n) is 7.11. The third-order valence-electron chi connectivity index (χ3n) is 4.16. The van der Waals surface area contributed by atoms with Gasteiger partial charge in [-0.3, -0.25) is 9.59 Å². The van der Waals surface area contributed by atoms with Crippen molar-refractivity contribution >= 4 is 16.8 Å². The van der Waals surface area contributed by atoms with Crippen LogP contribution in [0.2, 0.25) is 0 Å². The highest BCUT2D eigenvalue weighted by atomic mass is 16.2. The molecule has 1 fully saturated rings. The molecule has 20 heavy (non-hydrogen) atoms. The van der Waals surface area contributed by atoms with Crippen molar-refractivity contribution in [1.29, 1.82) is 0 Å². The molecule has 2 N–H and O–H groups in total. The van der Waals surface area contributed by atoms with Crippen molar-refractivity contribution in [2.45, 2.75) is 25.7 Å². The molecule has 106 valence electrons. The second-order valence-electron chi connectivity index (χ2n) is 5.59. The molecule has 0 aliphatic heterocycles. The van der Waals surface area contributed by atoms with Crippen LogP contribution in [0.15, 0.2) is 23.3 Å². The molecule has 2 heterocycles. The van der Waals surface area contributed by atoms with E-state index in [0.717, 1.165) is 6.54 Å². The summed E-state index contributed by atoms with van der Waals surface area (Å²) in [6, 6.07) is 1.78. The van der Waals surface area contributed by atoms with E-state index in [2.05, 4.69) is 10.3 Å². The van der Waals surface area contributed by atoms with E-state index in [1.807, 2.05) is 0 Å². The van der Waals surface area contributed by atoms with Gasteiger partial charge in [-0.1, -0.05) is 12.8 Å². The zero-order valence-corrected chi connectivity index (χ0v) is 11.6. The number of nitrogens with zero attached hydrogens (tertiary/aromatic N) is 1. The summed E-state index contributed by atoms with van der Waals surface area (Å²) in [6.07, 6.45) is 8.24. The van der Waals surface area contributed by atoms with Crippen LogP contribution in [0.4, 0.5) is 0 Å². The second kappa shape index (κ2) is 5.15. The Labute approximate surface area is 117 Å². The lowest BCUT2D eigenvalue weighted by atomic mass is 10.1. The Balaban J connectivity index is 1.85. The van der Waals surface area contributed by atoms with Crippen molar-refractivity contribution in [3.05, 3.63) is 34.4 Å². The molecule has 0 atom stereocenters. The largest absolute Gasteiger partial charge is 0.357 e. The van der Waals surface area contributed by atoms with Gasteiger partial charge in [0.2, 0.25) is 0 Å². The van der Waals surface area contributed by atoms with Gasteiger partial charge in [-0.2, -0.15) is 0 Å². The number of hydrogen-bond donors (Lipinski definition) is 2. The molecule has 1 saturated carbocycles. The first-order valence-corrected chi connectivity index (χ1v) is 7.11. The molecule has 2 aromatic rings. The van der Waals surface area contributed by atoms with Gasteiger partial charge in [-0.25, -0.2) is 0 Å². The van der Waals surface area contributed by atoms with Gasteiger partial charge in [0, 0.05) is 31.4 Å². The standard InChI is InChI=1S/C15H19N3O2/c1-18-9-12(11-6-7-16-13(11)15(18)20)14(19)17-8-10-4-2-3-5-10/h6-7,9-10,16H,2-5,8H2,1H3,(H,17,19). The predicted molar refractivity (Wildman–Crippen MR) is 77.8 cm³/mol. The summed E-state index contributed by atoms with van der Waals surface area (Å²) in [7, 11) is 1.66. The molecule has 1 amide bonds. The Morgan fingerprint density at radius 3 is 2.95 bits per heavy atom. The monoisotopic (exact) mass is 273 g/mol. The van der Waals surface area contributed by atoms with E-state index in [1.165, 1.54) is 30.3 Å². The Bertz CT molecular complexity index is 693. The van der Waals surface area contributed by atoms with E-state index >= 15 is 0 Å². The minimum atomic E-state index is -0.114. The van der Waals surface area contributed by atoms with E-state index in [4.69, 9.17) is 0 Å². The number of rotatable bonds is 3. The summed E-state index contributed by atoms with van der Waals surface area (Å²) < 4.78 is 1.45. The second-order valence-corrected chi connectivity index (χ2v) is 5.59. The van der Waals surface area contributed by atoms with E-state index in [1.54, 1.807) is 25.5 Å². The summed E-state index contributed by atoms with van der Waals surface area (Å²) in [5.41, 5.74) is 0.930. The number of aromatic nitrogens is 2. The molecular formula is C15H19N3O2. The lowest BCUT2D eigenvalue weighted by Gasteiger charge is -2.11. The summed E-state index contributed by atoms with van der Waals surface area (Å²) in [5, 5.41) is 3.69. The number of carbonyl (C=O) groups excluding carboxylic acids is 1. The SMILES string of the molecule is Cn1cc(C(=O)NCC2CCCC2)c2cc[nH]c2c1=O. The highest BCUT2D eigenvalue weighted by Crippen LogP contribution is 2.24. The van der Waals surface area contributed by atoms with Crippen molar-refractivity contribution in [3.63, 3.8) is 0 Å². The first-order chi connectivity index (χ1) is 9.66. The van der Waals surface area contributed by atoms with Crippen molar-refractivity contribution in [2.24, 2.45) is 13.0 Å². The van der Waals surface area contributed by atoms with Crippen LogP contribution in [-0.2, 0) is 7.05 Å². The quantitative estimate of drug-likeness (QED) is 0.895. The van der Waals surface area contributed by atoms with E-state index in [-0.39, 0.29) is 11.5 Å². The van der Waals surface area contributed by atoms with Crippen LogP contribution in [-0.4, -0.2) is 22.0 Å². The van der Waals surface area contributed by atoms with Gasteiger partial charge in [0.1, 0.15) is 5.52 Å². The van der Waals surface area contributed by atoms with Crippen LogP contribution in [0.5, 0.6) is 0 Å². The first kappa shape index (κ1) is 13.0. The lowest BCUT2D eigenvalue weighted by molar-refractivity contribution is 0.0948. The van der Waals surface area contributed by atoms with Crippen LogP contribution < -0.4 is 10.9 Å². The van der Waals surface area contributed by atoms with Crippen LogP contribution in [0, 0.1) is 5.92 Å². The normalized spacial score (nSPS) is 15.8. The van der Waals surface area contributed by atoms with E-state index in [9.17, 15) is 9.59 Å². The van der Waals surface area contributed by atoms with Gasteiger partial charge < -0.3 is 14.9 Å². The van der Waals surface area contributed by atoms with Crippen molar-refractivity contribution in [3.8, 4) is 0 Å². The topological polar surface area (TPSA) is 66.9 Å². The minimum absolute atomic E-state index is 0.0999. The van der Waals surface area contributed by atoms with Gasteiger partial charge in [0.05, 0.1) is 5.56 Å². The zero-order chi connectivity index (χ0) is 14.1. The number of aryl methyl sites for hydroxylation is 1. The van der Waals surface area contributed by atoms with Gasteiger partial charge in [0.25, 0.3) is 11.5 Å². The highest BCUT2D eigenvalue weighted by Gasteiger charge is 2.18. The van der Waals surface area contributed by atoms with Crippen LogP contribution >= 0.6 is 0 Å². The molecule has 1 aliphatic carbocycles. The summed E-state index contributed by atoms with van der Waals surface area (Å²) in [4.78, 5) is 27.2. The molecule has 0 radical (unpaired) electrons. The van der Waals surface area contributed by atoms with Crippen molar-refractivity contribution < 1.29 is 4.79 Å². The molecule has 0 saturated heterocycles. The molecule has 5 heteroatoms. The number of pyridine rings is 1. The smallest absolute Gasteiger partial charge is 0.274 e. The maximum absolute atomic E-state index is 12.3. The number of amides is 1. The number of nitrogens with one attached hydrogen (secondary N) is 2. The van der Waals surface area contributed by atoms with Gasteiger partial charge in [-0.15, -0.1) is 0 Å². The zero-order valence-electron chi connectivity index (χ0n) is 11.6. The molecule has 3 rings (SSSR count). The molecule has 0 bridgehead atoms. The fourth-order valence-electron chi connectivity index (χ4n) is 3.00. The maximum atomic E-state index is 12.3. The number of fused-ring (bicyclic) bond motifs is 1. The molecule has 0 aromatic carbocycles. The summed E-state index contributed by atoms with van der Waals surface area (Å²) in [5.74, 6) is 0.505. The fourth-order valence-corrected chi connectivity index (χ4v) is 3.00. The minimum Gasteiger partial charge on any atom is -0.357 e. The van der Waals surface area contributed by atoms with Crippen LogP contribution in [0.1, 0.15) is 36.0 Å². The average molecular weight is 273 g/mol. The molecule has 0 spiro atoms. The summed E-state index contributed by atoms with van der Waals surface area (Å²) >= 11 is 0. The average Bonchev–Trinajstić information content (AvgIpc) is 3.10. The Hall–Kier alpha value is -2.04. The molecule has 0 unspecified atom stereocenters. The third kappa shape index (κ3) is 2.24. The molecule has 1 aliphatic rings. The lowest BCUT2D eigenvalue weighted by Crippen LogP contribution is -2.30. The van der Waals surface area contributed by atoms with E-state index < -0.39 is 0 Å². The summed E-state index contributed by atoms with van der Waals surface area (Å²) in [6.45, 7) is 0.730. The molecule has 5 nitrogen and oxygen atoms in total.